The van der Waals surface area contributed by atoms with E-state index in [9.17, 15) is 4.79 Å². The van der Waals surface area contributed by atoms with Gasteiger partial charge < -0.3 is 9.47 Å². The van der Waals surface area contributed by atoms with Gasteiger partial charge in [-0.05, 0) is 51.2 Å². The molecule has 0 aromatic heterocycles. The van der Waals surface area contributed by atoms with Crippen LogP contribution in [0.3, 0.4) is 0 Å². The number of benzene rings is 2. The zero-order valence-corrected chi connectivity index (χ0v) is 15.6. The summed E-state index contributed by atoms with van der Waals surface area (Å²) in [7, 11) is 3.89. The topological polar surface area (TPSA) is 38.8 Å². The molecule has 0 spiro atoms. The number of hydrogen-bond acceptors (Lipinski definition) is 4. The number of likely N-dealkylation sites (N-methyl/N-ethyl adjacent to an activating group) is 1. The van der Waals surface area contributed by atoms with Gasteiger partial charge in [0.2, 0.25) is 0 Å². The van der Waals surface area contributed by atoms with Gasteiger partial charge in [0.25, 0.3) is 0 Å². The lowest BCUT2D eigenvalue weighted by Gasteiger charge is -2.35. The first-order chi connectivity index (χ1) is 11.5. The molecule has 2 aromatic carbocycles. The van der Waals surface area contributed by atoms with Gasteiger partial charge in [0.1, 0.15) is 13.2 Å². The highest BCUT2D eigenvalue weighted by Crippen LogP contribution is 2.33. The Balaban J connectivity index is 0.00000225. The number of nitrogens with zero attached hydrogens (tertiary/aromatic N) is 1. The van der Waals surface area contributed by atoms with Gasteiger partial charge in [0, 0.05) is 5.56 Å². The predicted octanol–water partition coefficient (Wildman–Crippen LogP) is 3.63. The van der Waals surface area contributed by atoms with Crippen LogP contribution in [0.4, 0.5) is 0 Å². The van der Waals surface area contributed by atoms with Gasteiger partial charge in [0.15, 0.2) is 17.3 Å². The van der Waals surface area contributed by atoms with Crippen molar-refractivity contribution in [3.8, 4) is 11.5 Å². The standard InChI is InChI=1S/C20H23NO3.ClH/c1-20(21(2)3,14-15-7-5-4-6-8-15)19(22)16-9-10-17-18(13-16)24-12-11-23-17;/h4-10,13H,11-12,14H2,1-3H3;1H. The SMILES string of the molecule is CN(C)C(C)(Cc1ccccc1)C(=O)c1ccc2c(c1)OCCO2.Cl. The summed E-state index contributed by atoms with van der Waals surface area (Å²) in [5.74, 6) is 1.42. The molecule has 1 aliphatic rings. The van der Waals surface area contributed by atoms with Crippen molar-refractivity contribution in [1.82, 2.24) is 4.90 Å². The van der Waals surface area contributed by atoms with E-state index in [-0.39, 0.29) is 18.2 Å². The van der Waals surface area contributed by atoms with Crippen LogP contribution in [-0.4, -0.2) is 43.5 Å². The van der Waals surface area contributed by atoms with Crippen LogP contribution in [0.25, 0.3) is 0 Å². The highest BCUT2D eigenvalue weighted by Gasteiger charge is 2.36. The van der Waals surface area contributed by atoms with Crippen molar-refractivity contribution in [3.05, 3.63) is 59.7 Å². The predicted molar refractivity (Wildman–Crippen MR) is 101 cm³/mol. The molecule has 4 nitrogen and oxygen atoms in total. The normalized spacial score (nSPS) is 15.2. The number of Topliss-reactive ketones (excluding diaryl/α,β-unsaturated/α-hetero) is 1. The van der Waals surface area contributed by atoms with E-state index in [1.807, 2.05) is 56.3 Å². The third-order valence-electron chi connectivity index (χ3n) is 4.67. The molecule has 0 N–H and O–H groups in total. The number of ketones is 1. The second kappa shape index (κ2) is 7.89. The van der Waals surface area contributed by atoms with Crippen molar-refractivity contribution < 1.29 is 14.3 Å². The van der Waals surface area contributed by atoms with E-state index in [4.69, 9.17) is 9.47 Å². The number of carbonyl (C=O) groups is 1. The fraction of sp³-hybridized carbons (Fsp3) is 0.350. The molecule has 0 amide bonds. The Kier molecular flexibility index (Phi) is 6.09. The summed E-state index contributed by atoms with van der Waals surface area (Å²) in [5.41, 5.74) is 1.15. The molecule has 25 heavy (non-hydrogen) atoms. The maximum Gasteiger partial charge on any atom is 0.183 e. The van der Waals surface area contributed by atoms with E-state index < -0.39 is 5.54 Å². The van der Waals surface area contributed by atoms with Gasteiger partial charge in [-0.3, -0.25) is 9.69 Å². The first-order valence-corrected chi connectivity index (χ1v) is 8.16. The Hall–Kier alpha value is -2.04. The van der Waals surface area contributed by atoms with Crippen LogP contribution in [0.1, 0.15) is 22.8 Å². The Morgan fingerprint density at radius 1 is 1.04 bits per heavy atom. The largest absolute Gasteiger partial charge is 0.486 e. The Morgan fingerprint density at radius 3 is 2.32 bits per heavy atom. The molecule has 134 valence electrons. The quantitative estimate of drug-likeness (QED) is 0.762. The van der Waals surface area contributed by atoms with Crippen LogP contribution in [0.5, 0.6) is 11.5 Å². The molecule has 0 saturated heterocycles. The molecule has 5 heteroatoms. The maximum absolute atomic E-state index is 13.3. The summed E-state index contributed by atoms with van der Waals surface area (Å²) in [4.78, 5) is 15.2. The summed E-state index contributed by atoms with van der Waals surface area (Å²) in [6, 6.07) is 15.5. The second-order valence-electron chi connectivity index (χ2n) is 6.52. The Bertz CT molecular complexity index is 733. The van der Waals surface area contributed by atoms with E-state index in [0.29, 0.717) is 36.7 Å². The molecule has 1 heterocycles. The first-order valence-electron chi connectivity index (χ1n) is 8.16. The fourth-order valence-corrected chi connectivity index (χ4v) is 2.93. The van der Waals surface area contributed by atoms with Gasteiger partial charge in [-0.2, -0.15) is 0 Å². The smallest absolute Gasteiger partial charge is 0.183 e. The molecule has 0 bridgehead atoms. The van der Waals surface area contributed by atoms with Crippen molar-refractivity contribution in [3.63, 3.8) is 0 Å². The van der Waals surface area contributed by atoms with E-state index >= 15 is 0 Å². The van der Waals surface area contributed by atoms with Crippen molar-refractivity contribution in [2.45, 2.75) is 18.9 Å². The van der Waals surface area contributed by atoms with Crippen molar-refractivity contribution in [1.29, 1.82) is 0 Å². The van der Waals surface area contributed by atoms with Gasteiger partial charge in [0.05, 0.1) is 5.54 Å². The molecule has 0 radical (unpaired) electrons. The average molecular weight is 362 g/mol. The van der Waals surface area contributed by atoms with Crippen LogP contribution >= 0.6 is 12.4 Å². The second-order valence-corrected chi connectivity index (χ2v) is 6.52. The highest BCUT2D eigenvalue weighted by molar-refractivity contribution is 6.03. The number of ether oxygens (including phenoxy) is 2. The minimum atomic E-state index is -0.634. The average Bonchev–Trinajstić information content (AvgIpc) is 2.61. The van der Waals surface area contributed by atoms with Crippen molar-refractivity contribution in [2.24, 2.45) is 0 Å². The summed E-state index contributed by atoms with van der Waals surface area (Å²) < 4.78 is 11.2. The van der Waals surface area contributed by atoms with E-state index in [2.05, 4.69) is 12.1 Å². The van der Waals surface area contributed by atoms with Crippen LogP contribution in [-0.2, 0) is 6.42 Å². The van der Waals surface area contributed by atoms with Gasteiger partial charge in [-0.15, -0.1) is 12.4 Å². The summed E-state index contributed by atoms with van der Waals surface area (Å²) in [5, 5.41) is 0. The lowest BCUT2D eigenvalue weighted by atomic mass is 9.84. The molecule has 0 fully saturated rings. The van der Waals surface area contributed by atoms with Crippen LogP contribution in [0.15, 0.2) is 48.5 Å². The van der Waals surface area contributed by atoms with Crippen molar-refractivity contribution in [2.75, 3.05) is 27.3 Å². The third-order valence-corrected chi connectivity index (χ3v) is 4.67. The Labute approximate surface area is 155 Å². The number of halogens is 1. The molecule has 3 rings (SSSR count). The van der Waals surface area contributed by atoms with E-state index in [1.54, 1.807) is 6.07 Å². The summed E-state index contributed by atoms with van der Waals surface area (Å²) >= 11 is 0. The first kappa shape index (κ1) is 19.3. The lowest BCUT2D eigenvalue weighted by molar-refractivity contribution is 0.0718. The van der Waals surface area contributed by atoms with Gasteiger partial charge in [-0.25, -0.2) is 0 Å². The van der Waals surface area contributed by atoms with Crippen LogP contribution in [0.2, 0.25) is 0 Å². The van der Waals surface area contributed by atoms with Gasteiger partial charge in [-0.1, -0.05) is 30.3 Å². The minimum absolute atomic E-state index is 0. The molecule has 1 aliphatic heterocycles. The van der Waals surface area contributed by atoms with E-state index in [0.717, 1.165) is 5.56 Å². The number of carbonyl (C=O) groups excluding carboxylic acids is 1. The minimum Gasteiger partial charge on any atom is -0.486 e. The van der Waals surface area contributed by atoms with Crippen LogP contribution < -0.4 is 9.47 Å². The monoisotopic (exact) mass is 361 g/mol. The zero-order chi connectivity index (χ0) is 17.2. The molecule has 2 aromatic rings. The molecule has 1 atom stereocenters. The fourth-order valence-electron chi connectivity index (χ4n) is 2.93. The zero-order valence-electron chi connectivity index (χ0n) is 14.8. The maximum atomic E-state index is 13.3. The molecule has 0 saturated carbocycles. The summed E-state index contributed by atoms with van der Waals surface area (Å²) in [6.07, 6.45) is 0.647. The number of hydrogen-bond donors (Lipinski definition) is 0. The third kappa shape index (κ3) is 3.97. The van der Waals surface area contributed by atoms with Gasteiger partial charge >= 0.3 is 0 Å². The van der Waals surface area contributed by atoms with Crippen LogP contribution in [0, 0.1) is 0 Å². The van der Waals surface area contributed by atoms with Crippen molar-refractivity contribution >= 4 is 18.2 Å². The molecule has 1 unspecified atom stereocenters. The highest BCUT2D eigenvalue weighted by atomic mass is 35.5. The van der Waals surface area contributed by atoms with E-state index in [1.165, 1.54) is 0 Å². The molecule has 0 aliphatic carbocycles. The Morgan fingerprint density at radius 2 is 1.68 bits per heavy atom. The number of rotatable bonds is 5. The summed E-state index contributed by atoms with van der Waals surface area (Å²) in [6.45, 7) is 3.04. The number of fused-ring (bicyclic) bond motifs is 1. The molecular weight excluding hydrogens is 338 g/mol. The molecular formula is C20H24ClNO3. The lowest BCUT2D eigenvalue weighted by Crippen LogP contribution is -2.50.